The lowest BCUT2D eigenvalue weighted by Crippen LogP contribution is -2.32. The molecule has 1 atom stereocenters. The van der Waals surface area contributed by atoms with E-state index in [0.29, 0.717) is 18.8 Å². The molecule has 1 aliphatic rings. The molecular weight excluding hydrogens is 312 g/mol. The third-order valence-electron chi connectivity index (χ3n) is 3.78. The lowest BCUT2D eigenvalue weighted by Gasteiger charge is -2.17. The van der Waals surface area contributed by atoms with E-state index in [0.717, 1.165) is 24.3 Å². The van der Waals surface area contributed by atoms with Crippen LogP contribution in [0.25, 0.3) is 0 Å². The van der Waals surface area contributed by atoms with Crippen LogP contribution in [0.2, 0.25) is 0 Å². The summed E-state index contributed by atoms with van der Waals surface area (Å²) >= 11 is 1.62. The Kier molecular flexibility index (Phi) is 4.76. The van der Waals surface area contributed by atoms with E-state index in [2.05, 4.69) is 9.97 Å². The van der Waals surface area contributed by atoms with Gasteiger partial charge < -0.3 is 14.5 Å². The summed E-state index contributed by atoms with van der Waals surface area (Å²) in [5.74, 6) is 1.42. The summed E-state index contributed by atoms with van der Waals surface area (Å²) in [7, 11) is 3.82. The van der Waals surface area contributed by atoms with Crippen molar-refractivity contribution in [2.75, 3.05) is 32.1 Å². The third-order valence-corrected chi connectivity index (χ3v) is 4.51. The summed E-state index contributed by atoms with van der Waals surface area (Å²) in [5, 5.41) is 4.01. The molecule has 1 aliphatic heterocycles. The smallest absolute Gasteiger partial charge is 0.234 e. The quantitative estimate of drug-likeness (QED) is 0.836. The Morgan fingerprint density at radius 3 is 3.09 bits per heavy atom. The lowest BCUT2D eigenvalue weighted by atomic mass is 10.2. The fraction of sp³-hybridized carbons (Fsp3) is 0.438. The minimum absolute atomic E-state index is 0.0202. The molecule has 0 aromatic carbocycles. The van der Waals surface area contributed by atoms with Gasteiger partial charge in [0.25, 0.3) is 0 Å². The molecule has 0 N–H and O–H groups in total. The molecule has 0 aliphatic carbocycles. The molecule has 1 amide bonds. The Balaban J connectivity index is 1.55. The zero-order valence-corrected chi connectivity index (χ0v) is 14.1. The van der Waals surface area contributed by atoms with Gasteiger partial charge in [0.2, 0.25) is 11.8 Å². The molecule has 1 saturated heterocycles. The van der Waals surface area contributed by atoms with Gasteiger partial charge in [-0.05, 0) is 22.4 Å². The van der Waals surface area contributed by atoms with Crippen molar-refractivity contribution in [1.29, 1.82) is 0 Å². The van der Waals surface area contributed by atoms with E-state index in [1.165, 1.54) is 0 Å². The molecule has 122 valence electrons. The van der Waals surface area contributed by atoms with Crippen LogP contribution in [0.1, 0.15) is 12.0 Å². The molecule has 3 rings (SSSR count). The number of rotatable bonds is 5. The fourth-order valence-electron chi connectivity index (χ4n) is 2.51. The van der Waals surface area contributed by atoms with E-state index in [1.807, 2.05) is 40.7 Å². The summed E-state index contributed by atoms with van der Waals surface area (Å²) in [6, 6.07) is 1.99. The lowest BCUT2D eigenvalue weighted by molar-refractivity contribution is -0.129. The van der Waals surface area contributed by atoms with Gasteiger partial charge in [0, 0.05) is 27.1 Å². The van der Waals surface area contributed by atoms with E-state index >= 15 is 0 Å². The Hall–Kier alpha value is -2.15. The van der Waals surface area contributed by atoms with E-state index < -0.39 is 0 Å². The molecular formula is C16H20N4O2S. The van der Waals surface area contributed by atoms with Crippen LogP contribution in [0.15, 0.2) is 29.2 Å². The highest BCUT2D eigenvalue weighted by atomic mass is 32.1. The Labute approximate surface area is 139 Å². The van der Waals surface area contributed by atoms with Crippen LogP contribution in [0, 0.1) is 0 Å². The van der Waals surface area contributed by atoms with E-state index in [1.54, 1.807) is 23.7 Å². The van der Waals surface area contributed by atoms with Crippen LogP contribution in [0.4, 0.5) is 5.82 Å². The van der Waals surface area contributed by atoms with Crippen molar-refractivity contribution in [2.24, 2.45) is 0 Å². The Bertz CT molecular complexity index is 660. The standard InChI is InChI=1S/C16H20N4O2S/c1-19(2)14-8-17-9-15(18-14)22-13-3-5-20(10-13)16(21)7-12-4-6-23-11-12/h4,6,8-9,11,13H,3,5,7,10H2,1-2H3/t13-/m0/s1. The summed E-state index contributed by atoms with van der Waals surface area (Å²) in [6.45, 7) is 1.34. The summed E-state index contributed by atoms with van der Waals surface area (Å²) in [4.78, 5) is 24.6. The molecule has 0 spiro atoms. The average Bonchev–Trinajstić information content (AvgIpc) is 3.19. The maximum Gasteiger partial charge on any atom is 0.234 e. The zero-order chi connectivity index (χ0) is 16.2. The first-order chi connectivity index (χ1) is 11.1. The monoisotopic (exact) mass is 332 g/mol. The first-order valence-electron chi connectivity index (χ1n) is 7.56. The fourth-order valence-corrected chi connectivity index (χ4v) is 3.18. The summed E-state index contributed by atoms with van der Waals surface area (Å²) < 4.78 is 5.89. The average molecular weight is 332 g/mol. The predicted molar refractivity (Wildman–Crippen MR) is 90.0 cm³/mol. The number of anilines is 1. The van der Waals surface area contributed by atoms with Crippen LogP contribution in [-0.4, -0.2) is 54.1 Å². The maximum atomic E-state index is 12.3. The van der Waals surface area contributed by atoms with Gasteiger partial charge in [0.15, 0.2) is 5.82 Å². The van der Waals surface area contributed by atoms with Crippen molar-refractivity contribution in [2.45, 2.75) is 18.9 Å². The number of likely N-dealkylation sites (tertiary alicyclic amines) is 1. The third kappa shape index (κ3) is 3.98. The maximum absolute atomic E-state index is 12.3. The highest BCUT2D eigenvalue weighted by Crippen LogP contribution is 2.19. The van der Waals surface area contributed by atoms with Crippen molar-refractivity contribution in [3.63, 3.8) is 0 Å². The number of carbonyl (C=O) groups excluding carboxylic acids is 1. The normalized spacial score (nSPS) is 17.3. The summed E-state index contributed by atoms with van der Waals surface area (Å²) in [5.41, 5.74) is 1.08. The first kappa shape index (κ1) is 15.7. The number of carbonyl (C=O) groups is 1. The van der Waals surface area contributed by atoms with Gasteiger partial charge in [-0.3, -0.25) is 9.78 Å². The minimum Gasteiger partial charge on any atom is -0.471 e. The largest absolute Gasteiger partial charge is 0.471 e. The second-order valence-electron chi connectivity index (χ2n) is 5.79. The van der Waals surface area contributed by atoms with Crippen molar-refractivity contribution >= 4 is 23.1 Å². The minimum atomic E-state index is -0.0202. The second kappa shape index (κ2) is 6.95. The zero-order valence-electron chi connectivity index (χ0n) is 13.3. The van der Waals surface area contributed by atoms with Crippen LogP contribution in [0.3, 0.4) is 0 Å². The molecule has 3 heterocycles. The van der Waals surface area contributed by atoms with Gasteiger partial charge >= 0.3 is 0 Å². The molecule has 23 heavy (non-hydrogen) atoms. The number of thiophene rings is 1. The first-order valence-corrected chi connectivity index (χ1v) is 8.51. The number of nitrogens with zero attached hydrogens (tertiary/aromatic N) is 4. The molecule has 6 nitrogen and oxygen atoms in total. The van der Waals surface area contributed by atoms with Crippen LogP contribution in [0.5, 0.6) is 5.88 Å². The number of hydrogen-bond donors (Lipinski definition) is 0. The highest BCUT2D eigenvalue weighted by molar-refractivity contribution is 7.07. The number of aromatic nitrogens is 2. The van der Waals surface area contributed by atoms with Crippen molar-refractivity contribution in [1.82, 2.24) is 14.9 Å². The molecule has 0 radical (unpaired) electrons. The SMILES string of the molecule is CN(C)c1cncc(O[C@H]2CCN(C(=O)Cc3ccsc3)C2)n1. The van der Waals surface area contributed by atoms with Crippen LogP contribution < -0.4 is 9.64 Å². The predicted octanol–water partition coefficient (Wildman–Crippen LogP) is 1.83. The Morgan fingerprint density at radius 1 is 1.48 bits per heavy atom. The van der Waals surface area contributed by atoms with Crippen LogP contribution in [-0.2, 0) is 11.2 Å². The molecule has 7 heteroatoms. The molecule has 2 aromatic heterocycles. The number of amides is 1. The molecule has 0 bridgehead atoms. The number of ether oxygens (including phenoxy) is 1. The van der Waals surface area contributed by atoms with Gasteiger partial charge in [-0.15, -0.1) is 0 Å². The highest BCUT2D eigenvalue weighted by Gasteiger charge is 2.28. The Morgan fingerprint density at radius 2 is 2.35 bits per heavy atom. The van der Waals surface area contributed by atoms with Crippen molar-refractivity contribution < 1.29 is 9.53 Å². The van der Waals surface area contributed by atoms with Gasteiger partial charge in [-0.25, -0.2) is 0 Å². The van der Waals surface area contributed by atoms with Gasteiger partial charge in [-0.2, -0.15) is 16.3 Å². The number of hydrogen-bond acceptors (Lipinski definition) is 6. The summed E-state index contributed by atoms with van der Waals surface area (Å²) in [6.07, 6.45) is 4.57. The van der Waals surface area contributed by atoms with Gasteiger partial charge in [-0.1, -0.05) is 0 Å². The topological polar surface area (TPSA) is 58.6 Å². The molecule has 0 unspecified atom stereocenters. The molecule has 2 aromatic rings. The molecule has 1 fully saturated rings. The second-order valence-corrected chi connectivity index (χ2v) is 6.57. The van der Waals surface area contributed by atoms with Gasteiger partial charge in [0.1, 0.15) is 6.10 Å². The van der Waals surface area contributed by atoms with Crippen molar-refractivity contribution in [3.8, 4) is 5.88 Å². The van der Waals surface area contributed by atoms with Crippen molar-refractivity contribution in [3.05, 3.63) is 34.8 Å². The van der Waals surface area contributed by atoms with Crippen LogP contribution >= 0.6 is 11.3 Å². The van der Waals surface area contributed by atoms with E-state index in [-0.39, 0.29) is 12.0 Å². The van der Waals surface area contributed by atoms with E-state index in [4.69, 9.17) is 4.74 Å². The van der Waals surface area contributed by atoms with Gasteiger partial charge in [0.05, 0.1) is 25.4 Å². The van der Waals surface area contributed by atoms with E-state index in [9.17, 15) is 4.79 Å². The molecule has 0 saturated carbocycles.